The molecule has 1 atom stereocenters. The summed E-state index contributed by atoms with van der Waals surface area (Å²) < 4.78 is 0. The maximum Gasteiger partial charge on any atom is 0.254 e. The third kappa shape index (κ3) is 2.79. The number of ketones is 1. The number of amides is 2. The Morgan fingerprint density at radius 3 is 2.73 bits per heavy atom. The molecule has 4 rings (SSSR count). The smallest absolute Gasteiger partial charge is 0.254 e. The third-order valence-corrected chi connectivity index (χ3v) is 5.23. The van der Waals surface area contributed by atoms with Gasteiger partial charge in [0.2, 0.25) is 5.91 Å². The highest BCUT2D eigenvalue weighted by Gasteiger charge is 2.30. The zero-order valence-electron chi connectivity index (χ0n) is 14.6. The summed E-state index contributed by atoms with van der Waals surface area (Å²) in [6.07, 6.45) is 1.35. The van der Waals surface area contributed by atoms with Crippen LogP contribution in [0.5, 0.6) is 0 Å². The van der Waals surface area contributed by atoms with Crippen molar-refractivity contribution >= 4 is 17.6 Å². The summed E-state index contributed by atoms with van der Waals surface area (Å²) in [5.41, 5.74) is 4.39. The van der Waals surface area contributed by atoms with Gasteiger partial charge in [0, 0.05) is 30.6 Å². The predicted octanol–water partition coefficient (Wildman–Crippen LogP) is 2.44. The lowest BCUT2D eigenvalue weighted by molar-refractivity contribution is -0.127. The highest BCUT2D eigenvalue weighted by molar-refractivity contribution is 6.01. The molecule has 1 heterocycles. The Hall–Kier alpha value is -2.95. The summed E-state index contributed by atoms with van der Waals surface area (Å²) in [5, 5.41) is 2.77. The molecule has 2 aromatic rings. The number of nitrogens with zero attached hydrogens (tertiary/aromatic N) is 1. The Balaban J connectivity index is 1.64. The Morgan fingerprint density at radius 1 is 1.08 bits per heavy atom. The van der Waals surface area contributed by atoms with E-state index < -0.39 is 6.04 Å². The van der Waals surface area contributed by atoms with Crippen molar-refractivity contribution in [3.8, 4) is 11.1 Å². The topological polar surface area (TPSA) is 66.5 Å². The first-order chi connectivity index (χ1) is 12.5. The maximum absolute atomic E-state index is 12.9. The minimum Gasteiger partial charge on any atom is -0.353 e. The number of hydrogen-bond acceptors (Lipinski definition) is 3. The quantitative estimate of drug-likeness (QED) is 0.906. The van der Waals surface area contributed by atoms with Crippen molar-refractivity contribution in [2.24, 2.45) is 0 Å². The van der Waals surface area contributed by atoms with Crippen LogP contribution in [0.15, 0.2) is 42.5 Å². The molecule has 1 saturated heterocycles. The van der Waals surface area contributed by atoms with E-state index in [0.29, 0.717) is 25.1 Å². The molecule has 0 unspecified atom stereocenters. The van der Waals surface area contributed by atoms with Crippen molar-refractivity contribution in [3.63, 3.8) is 0 Å². The Morgan fingerprint density at radius 2 is 1.88 bits per heavy atom. The molecule has 1 N–H and O–H groups in total. The molecular weight excluding hydrogens is 328 g/mol. The monoisotopic (exact) mass is 348 g/mol. The second-order valence-corrected chi connectivity index (χ2v) is 6.84. The normalized spacial score (nSPS) is 19.3. The average Bonchev–Trinajstić information content (AvgIpc) is 3.04. The van der Waals surface area contributed by atoms with Gasteiger partial charge in [0.15, 0.2) is 5.78 Å². The summed E-state index contributed by atoms with van der Waals surface area (Å²) in [5.74, 6) is -0.0533. The van der Waals surface area contributed by atoms with Crippen LogP contribution in [0, 0.1) is 0 Å². The first-order valence-electron chi connectivity index (χ1n) is 8.90. The zero-order chi connectivity index (χ0) is 18.3. The predicted molar refractivity (Wildman–Crippen MR) is 98.0 cm³/mol. The number of carbonyl (C=O) groups is 3. The van der Waals surface area contributed by atoms with Crippen LogP contribution in [-0.2, 0) is 11.2 Å². The van der Waals surface area contributed by atoms with Crippen LogP contribution >= 0.6 is 0 Å². The molecule has 5 nitrogen and oxygen atoms in total. The molecule has 1 fully saturated rings. The molecule has 1 aliphatic heterocycles. The van der Waals surface area contributed by atoms with Gasteiger partial charge in [-0.05, 0) is 42.2 Å². The number of Topliss-reactive ketones (excluding diaryl/α,β-unsaturated/α-hetero) is 1. The average molecular weight is 348 g/mol. The van der Waals surface area contributed by atoms with E-state index in [1.807, 2.05) is 36.4 Å². The second kappa shape index (κ2) is 6.41. The third-order valence-electron chi connectivity index (χ3n) is 5.23. The van der Waals surface area contributed by atoms with Gasteiger partial charge in [-0.1, -0.05) is 30.3 Å². The standard InChI is InChI=1S/C21H20N2O3/c1-13-20(25)22-9-10-23(13)21(26)17-4-2-3-14(12-17)15-5-7-18-16(11-15)6-8-19(18)24/h2-5,7,11-13H,6,8-10H2,1H3,(H,22,25)/t13-/m0/s1. The van der Waals surface area contributed by atoms with E-state index in [1.165, 1.54) is 0 Å². The number of aryl methyl sites for hydroxylation is 1. The summed E-state index contributed by atoms with van der Waals surface area (Å²) in [7, 11) is 0. The summed E-state index contributed by atoms with van der Waals surface area (Å²) in [6, 6.07) is 12.8. The SMILES string of the molecule is C[C@H]1C(=O)NCCN1C(=O)c1cccc(-c2ccc3c(c2)CCC3=O)c1. The number of nitrogens with one attached hydrogen (secondary N) is 1. The molecule has 26 heavy (non-hydrogen) atoms. The molecule has 0 aromatic heterocycles. The minimum absolute atomic E-state index is 0.121. The van der Waals surface area contributed by atoms with Crippen LogP contribution in [0.25, 0.3) is 11.1 Å². The van der Waals surface area contributed by atoms with Gasteiger partial charge < -0.3 is 10.2 Å². The number of piperazine rings is 1. The van der Waals surface area contributed by atoms with Gasteiger partial charge in [-0.3, -0.25) is 14.4 Å². The number of fused-ring (bicyclic) bond motifs is 1. The first kappa shape index (κ1) is 16.5. The molecule has 0 bridgehead atoms. The summed E-state index contributed by atoms with van der Waals surface area (Å²) in [4.78, 5) is 38.1. The number of hydrogen-bond donors (Lipinski definition) is 1. The lowest BCUT2D eigenvalue weighted by Crippen LogP contribution is -2.55. The van der Waals surface area contributed by atoms with Crippen LogP contribution in [0.2, 0.25) is 0 Å². The van der Waals surface area contributed by atoms with Gasteiger partial charge in [0.05, 0.1) is 0 Å². The molecule has 1 aliphatic carbocycles. The van der Waals surface area contributed by atoms with Crippen molar-refractivity contribution in [2.45, 2.75) is 25.8 Å². The molecule has 132 valence electrons. The van der Waals surface area contributed by atoms with Crippen molar-refractivity contribution in [2.75, 3.05) is 13.1 Å². The first-order valence-corrected chi connectivity index (χ1v) is 8.90. The van der Waals surface area contributed by atoms with E-state index in [2.05, 4.69) is 5.32 Å². The van der Waals surface area contributed by atoms with Crippen molar-refractivity contribution in [1.82, 2.24) is 10.2 Å². The molecule has 0 radical (unpaired) electrons. The van der Waals surface area contributed by atoms with E-state index in [0.717, 1.165) is 28.7 Å². The van der Waals surface area contributed by atoms with Crippen LogP contribution in [0.3, 0.4) is 0 Å². The lowest BCUT2D eigenvalue weighted by Gasteiger charge is -2.32. The van der Waals surface area contributed by atoms with Crippen molar-refractivity contribution < 1.29 is 14.4 Å². The fraction of sp³-hybridized carbons (Fsp3) is 0.286. The summed E-state index contributed by atoms with van der Waals surface area (Å²) >= 11 is 0. The van der Waals surface area contributed by atoms with E-state index in [9.17, 15) is 14.4 Å². The van der Waals surface area contributed by atoms with Crippen molar-refractivity contribution in [1.29, 1.82) is 0 Å². The van der Waals surface area contributed by atoms with Crippen LogP contribution in [-0.4, -0.2) is 41.6 Å². The highest BCUT2D eigenvalue weighted by atomic mass is 16.2. The Labute approximate surface area is 152 Å². The van der Waals surface area contributed by atoms with E-state index in [1.54, 1.807) is 17.9 Å². The van der Waals surface area contributed by atoms with E-state index >= 15 is 0 Å². The fourth-order valence-corrected chi connectivity index (χ4v) is 3.69. The van der Waals surface area contributed by atoms with Gasteiger partial charge in [-0.25, -0.2) is 0 Å². The van der Waals surface area contributed by atoms with Gasteiger partial charge in [-0.15, -0.1) is 0 Å². The Bertz CT molecular complexity index is 919. The Kier molecular flexibility index (Phi) is 4.07. The lowest BCUT2D eigenvalue weighted by atomic mass is 9.98. The van der Waals surface area contributed by atoms with Crippen LogP contribution in [0.4, 0.5) is 0 Å². The van der Waals surface area contributed by atoms with Gasteiger partial charge in [0.25, 0.3) is 5.91 Å². The highest BCUT2D eigenvalue weighted by Crippen LogP contribution is 2.29. The van der Waals surface area contributed by atoms with Crippen molar-refractivity contribution in [3.05, 3.63) is 59.2 Å². The fourth-order valence-electron chi connectivity index (χ4n) is 3.69. The largest absolute Gasteiger partial charge is 0.353 e. The molecule has 5 heteroatoms. The zero-order valence-corrected chi connectivity index (χ0v) is 14.6. The maximum atomic E-state index is 12.9. The summed E-state index contributed by atoms with van der Waals surface area (Å²) in [6.45, 7) is 2.73. The number of rotatable bonds is 2. The molecule has 2 aliphatic rings. The second-order valence-electron chi connectivity index (χ2n) is 6.84. The van der Waals surface area contributed by atoms with Crippen LogP contribution in [0.1, 0.15) is 39.6 Å². The minimum atomic E-state index is -0.467. The molecule has 2 aromatic carbocycles. The molecule has 0 spiro atoms. The van der Waals surface area contributed by atoms with E-state index in [4.69, 9.17) is 0 Å². The van der Waals surface area contributed by atoms with Gasteiger partial charge in [-0.2, -0.15) is 0 Å². The van der Waals surface area contributed by atoms with E-state index in [-0.39, 0.29) is 17.6 Å². The molecule has 0 saturated carbocycles. The molecular formula is C21H20N2O3. The molecule has 2 amide bonds. The number of benzene rings is 2. The van der Waals surface area contributed by atoms with Gasteiger partial charge >= 0.3 is 0 Å². The van der Waals surface area contributed by atoms with Gasteiger partial charge in [0.1, 0.15) is 6.04 Å². The van der Waals surface area contributed by atoms with Crippen LogP contribution < -0.4 is 5.32 Å². The number of carbonyl (C=O) groups excluding carboxylic acids is 3.